The molecule has 0 atom stereocenters. The Hall–Kier alpha value is -0.500. The number of hydrogen-bond donors (Lipinski definition) is 4. The molecule has 0 aromatic carbocycles. The minimum Gasteiger partial charge on any atom is -0.376 e. The van der Waals surface area contributed by atoms with Crippen LogP contribution in [0.1, 0.15) is 55.4 Å². The van der Waals surface area contributed by atoms with E-state index in [0.717, 1.165) is 0 Å². The lowest BCUT2D eigenvalue weighted by Crippen LogP contribution is -2.62. The molecule has 0 saturated carbocycles. The van der Waals surface area contributed by atoms with Crippen molar-refractivity contribution in [3.8, 4) is 0 Å². The van der Waals surface area contributed by atoms with Crippen LogP contribution in [0, 0.1) is 0 Å². The fraction of sp³-hybridized carbons (Fsp3) is 0.875. The highest BCUT2D eigenvalue weighted by Crippen LogP contribution is 2.24. The first-order valence-electron chi connectivity index (χ1n) is 7.42. The van der Waals surface area contributed by atoms with Crippen molar-refractivity contribution in [2.45, 2.75) is 78.3 Å². The quantitative estimate of drug-likeness (QED) is 0.418. The van der Waals surface area contributed by atoms with Gasteiger partial charge >= 0.3 is 0 Å². The molecule has 0 aliphatic carbocycles. The van der Waals surface area contributed by atoms with E-state index in [0.29, 0.717) is 0 Å². The minimum atomic E-state index is -1.22. The molecule has 0 saturated heterocycles. The van der Waals surface area contributed by atoms with Gasteiger partial charge in [-0.3, -0.25) is 0 Å². The predicted octanol–water partition coefficient (Wildman–Crippen LogP) is 1.31. The van der Waals surface area contributed by atoms with Crippen LogP contribution in [0.3, 0.4) is 0 Å². The zero-order chi connectivity index (χ0) is 18.6. The molecule has 0 bridgehead atoms. The molecule has 0 amide bonds. The zero-order valence-electron chi connectivity index (χ0n) is 15.5. The smallest absolute Gasteiger partial charge is 0.115 e. The van der Waals surface area contributed by atoms with Gasteiger partial charge in [-0.05, 0) is 55.4 Å². The fourth-order valence-corrected chi connectivity index (χ4v) is 2.63. The van der Waals surface area contributed by atoms with Crippen LogP contribution in [0.2, 0.25) is 0 Å². The summed E-state index contributed by atoms with van der Waals surface area (Å²) in [6.07, 6.45) is 0. The van der Waals surface area contributed by atoms with E-state index < -0.39 is 22.9 Å². The molecular weight excluding hydrogens is 284 g/mol. The van der Waals surface area contributed by atoms with Crippen molar-refractivity contribution in [3.63, 3.8) is 0 Å². The van der Waals surface area contributed by atoms with E-state index in [1.807, 2.05) is 0 Å². The maximum absolute atomic E-state index is 10.2. The number of nitrogens with zero attached hydrogens (tertiary/aromatic N) is 2. The van der Waals surface area contributed by atoms with E-state index in [-0.39, 0.29) is 13.1 Å². The molecule has 0 aliphatic rings. The maximum atomic E-state index is 10.2. The van der Waals surface area contributed by atoms with Gasteiger partial charge in [0.1, 0.15) is 22.9 Å². The second-order valence-corrected chi connectivity index (χ2v) is 7.28. The van der Waals surface area contributed by atoms with E-state index in [4.69, 9.17) is 0 Å². The lowest BCUT2D eigenvalue weighted by molar-refractivity contribution is -0.228. The molecule has 0 fully saturated rings. The van der Waals surface area contributed by atoms with Gasteiger partial charge in [0.05, 0.1) is 0 Å². The maximum Gasteiger partial charge on any atom is 0.115 e. The Labute approximate surface area is 135 Å². The van der Waals surface area contributed by atoms with Crippen LogP contribution >= 0.6 is 0 Å². The van der Waals surface area contributed by atoms with Crippen molar-refractivity contribution in [2.75, 3.05) is 13.1 Å². The van der Waals surface area contributed by atoms with Gasteiger partial charge in [0.15, 0.2) is 0 Å². The van der Waals surface area contributed by atoms with Gasteiger partial charge in [-0.25, -0.2) is 9.80 Å². The lowest BCUT2D eigenvalue weighted by atomic mass is 10.1. The van der Waals surface area contributed by atoms with Crippen molar-refractivity contribution < 1.29 is 20.4 Å². The zero-order valence-corrected chi connectivity index (χ0v) is 15.5. The van der Waals surface area contributed by atoms with E-state index in [1.54, 1.807) is 55.4 Å². The summed E-state index contributed by atoms with van der Waals surface area (Å²) in [5.41, 5.74) is -4.88. The predicted molar refractivity (Wildman–Crippen MR) is 89.9 cm³/mol. The third kappa shape index (κ3) is 8.22. The molecule has 0 aliphatic heterocycles. The highest BCUT2D eigenvalue weighted by molar-refractivity contribution is 4.83. The van der Waals surface area contributed by atoms with E-state index in [2.05, 4.69) is 13.2 Å². The van der Waals surface area contributed by atoms with E-state index in [9.17, 15) is 20.4 Å². The van der Waals surface area contributed by atoms with Crippen LogP contribution in [0.4, 0.5) is 0 Å². The molecule has 0 aromatic heterocycles. The molecule has 0 radical (unpaired) electrons. The van der Waals surface area contributed by atoms with Crippen LogP contribution in [0.25, 0.3) is 0 Å². The van der Waals surface area contributed by atoms with Crippen LogP contribution in [0.5, 0.6) is 0 Å². The number of hydrogen-bond acceptors (Lipinski definition) is 6. The van der Waals surface area contributed by atoms with Crippen molar-refractivity contribution >= 4 is 0 Å². The Morgan fingerprint density at radius 2 is 0.682 bits per heavy atom. The van der Waals surface area contributed by atoms with E-state index >= 15 is 0 Å². The van der Waals surface area contributed by atoms with Gasteiger partial charge in [-0.1, -0.05) is 0 Å². The normalized spacial score (nSPS) is 14.1. The molecule has 22 heavy (non-hydrogen) atoms. The van der Waals surface area contributed by atoms with Crippen molar-refractivity contribution in [3.05, 3.63) is 13.2 Å². The average molecular weight is 320 g/mol. The largest absolute Gasteiger partial charge is 0.376 e. The monoisotopic (exact) mass is 320 g/mol. The molecule has 0 rings (SSSR count). The minimum absolute atomic E-state index is 0.279. The summed E-state index contributed by atoms with van der Waals surface area (Å²) in [5, 5.41) is 40.6. The molecule has 0 aromatic rings. The first-order valence-corrected chi connectivity index (χ1v) is 7.42. The summed E-state index contributed by atoms with van der Waals surface area (Å²) < 4.78 is 0. The van der Waals surface area contributed by atoms with Gasteiger partial charge in [-0.2, -0.15) is 0 Å². The lowest BCUT2D eigenvalue weighted by Gasteiger charge is -2.47. The Balaban J connectivity index is 0. The highest BCUT2D eigenvalue weighted by Gasteiger charge is 2.39. The summed E-state index contributed by atoms with van der Waals surface area (Å²) in [6, 6.07) is 0. The number of rotatable bonds is 7. The van der Waals surface area contributed by atoms with Gasteiger partial charge in [0, 0.05) is 13.1 Å². The molecule has 0 unspecified atom stereocenters. The topological polar surface area (TPSA) is 87.4 Å². The molecule has 0 spiro atoms. The third-order valence-corrected chi connectivity index (χ3v) is 3.19. The van der Waals surface area contributed by atoms with Crippen LogP contribution in [-0.2, 0) is 0 Å². The van der Waals surface area contributed by atoms with Crippen molar-refractivity contribution in [2.24, 2.45) is 0 Å². The molecule has 6 heteroatoms. The van der Waals surface area contributed by atoms with Gasteiger partial charge < -0.3 is 20.4 Å². The van der Waals surface area contributed by atoms with E-state index in [1.165, 1.54) is 9.80 Å². The fourth-order valence-electron chi connectivity index (χ4n) is 2.63. The second-order valence-electron chi connectivity index (χ2n) is 7.28. The Bertz CT molecular complexity index is 259. The summed E-state index contributed by atoms with van der Waals surface area (Å²) in [4.78, 5) is 3.01. The van der Waals surface area contributed by atoms with Gasteiger partial charge in [-0.15, -0.1) is 13.2 Å². The van der Waals surface area contributed by atoms with Crippen LogP contribution < -0.4 is 0 Å². The Morgan fingerprint density at radius 1 is 0.545 bits per heavy atom. The molecule has 4 N–H and O–H groups in total. The van der Waals surface area contributed by atoms with Crippen molar-refractivity contribution in [1.29, 1.82) is 0 Å². The average Bonchev–Trinajstić information content (AvgIpc) is 2.19. The SMILES string of the molecule is C=C.CC(C)(O)N(CCN(C(C)(C)O)C(C)(C)O)C(C)(C)O. The summed E-state index contributed by atoms with van der Waals surface area (Å²) in [6.45, 7) is 19.3. The molecule has 134 valence electrons. The first kappa shape index (κ1) is 23.8. The van der Waals surface area contributed by atoms with Crippen LogP contribution in [-0.4, -0.2) is 66.2 Å². The van der Waals surface area contributed by atoms with Gasteiger partial charge in [0.25, 0.3) is 0 Å². The highest BCUT2D eigenvalue weighted by atomic mass is 16.4. The Kier molecular flexibility index (Phi) is 8.49. The van der Waals surface area contributed by atoms with Gasteiger partial charge in [0.2, 0.25) is 0 Å². The third-order valence-electron chi connectivity index (χ3n) is 3.19. The second kappa shape index (κ2) is 7.86. The first-order chi connectivity index (χ1) is 9.47. The summed E-state index contributed by atoms with van der Waals surface area (Å²) in [5.74, 6) is 0. The molecular formula is C16H36N2O4. The Morgan fingerprint density at radius 3 is 0.773 bits per heavy atom. The standard InChI is InChI=1S/C14H32N2O4.C2H4/c1-11(2,17)15(12(3,4)18)9-10-16(13(5,6)19)14(7,8)20;1-2/h17-20H,9-10H2,1-8H3;1-2H2. The molecule has 6 nitrogen and oxygen atoms in total. The summed E-state index contributed by atoms with van der Waals surface area (Å²) in [7, 11) is 0. The summed E-state index contributed by atoms with van der Waals surface area (Å²) >= 11 is 0. The molecule has 0 heterocycles. The number of aliphatic hydroxyl groups is 4. The van der Waals surface area contributed by atoms with Crippen LogP contribution in [0.15, 0.2) is 13.2 Å². The van der Waals surface area contributed by atoms with Crippen molar-refractivity contribution in [1.82, 2.24) is 9.80 Å².